The molecule has 1 aromatic heterocycles. The number of hydrogen-bond acceptors (Lipinski definition) is 4. The second-order valence-corrected chi connectivity index (χ2v) is 4.41. The van der Waals surface area contributed by atoms with Gasteiger partial charge >= 0.3 is 0 Å². The van der Waals surface area contributed by atoms with Gasteiger partial charge in [-0.2, -0.15) is 0 Å². The Morgan fingerprint density at radius 2 is 2.10 bits per heavy atom. The molecule has 2 aromatic rings. The third kappa shape index (κ3) is 3.39. The lowest BCUT2D eigenvalue weighted by molar-refractivity contribution is 0.102. The van der Waals surface area contributed by atoms with Gasteiger partial charge in [-0.1, -0.05) is 11.6 Å². The van der Waals surface area contributed by atoms with Crippen LogP contribution in [0.5, 0.6) is 5.75 Å². The van der Waals surface area contributed by atoms with Gasteiger partial charge in [0, 0.05) is 11.9 Å². The summed E-state index contributed by atoms with van der Waals surface area (Å²) >= 11 is 5.92. The lowest BCUT2D eigenvalue weighted by atomic mass is 10.2. The fourth-order valence-electron chi connectivity index (χ4n) is 1.63. The molecule has 20 heavy (non-hydrogen) atoms. The molecule has 0 spiro atoms. The van der Waals surface area contributed by atoms with Gasteiger partial charge in [0.05, 0.1) is 17.2 Å². The van der Waals surface area contributed by atoms with Gasteiger partial charge in [0.25, 0.3) is 5.91 Å². The SMILES string of the molecule is CCOc1ccc(NC(=O)c2cc(N)ncc2Cl)cc1. The van der Waals surface area contributed by atoms with Crippen LogP contribution in [0, 0.1) is 0 Å². The summed E-state index contributed by atoms with van der Waals surface area (Å²) in [6.07, 6.45) is 1.35. The van der Waals surface area contributed by atoms with E-state index in [1.165, 1.54) is 12.3 Å². The Balaban J connectivity index is 2.13. The number of ether oxygens (including phenoxy) is 1. The molecular formula is C14H14ClN3O2. The fourth-order valence-corrected chi connectivity index (χ4v) is 1.82. The van der Waals surface area contributed by atoms with Gasteiger partial charge in [0.1, 0.15) is 11.6 Å². The zero-order chi connectivity index (χ0) is 14.5. The molecule has 0 saturated heterocycles. The van der Waals surface area contributed by atoms with Crippen molar-refractivity contribution >= 4 is 29.0 Å². The van der Waals surface area contributed by atoms with Crippen molar-refractivity contribution in [3.63, 3.8) is 0 Å². The minimum Gasteiger partial charge on any atom is -0.494 e. The molecule has 1 amide bonds. The number of nitrogens with two attached hydrogens (primary N) is 1. The highest BCUT2D eigenvalue weighted by atomic mass is 35.5. The van der Waals surface area contributed by atoms with Crippen LogP contribution >= 0.6 is 11.6 Å². The van der Waals surface area contributed by atoms with Crippen LogP contribution in [0.4, 0.5) is 11.5 Å². The van der Waals surface area contributed by atoms with Crippen molar-refractivity contribution < 1.29 is 9.53 Å². The summed E-state index contributed by atoms with van der Waals surface area (Å²) in [6.45, 7) is 2.50. The first-order valence-corrected chi connectivity index (χ1v) is 6.43. The Kier molecular flexibility index (Phi) is 4.42. The van der Waals surface area contributed by atoms with Crippen LogP contribution < -0.4 is 15.8 Å². The molecule has 1 aromatic carbocycles. The van der Waals surface area contributed by atoms with Gasteiger partial charge in [-0.25, -0.2) is 4.98 Å². The second kappa shape index (κ2) is 6.25. The van der Waals surface area contributed by atoms with E-state index in [9.17, 15) is 4.79 Å². The van der Waals surface area contributed by atoms with E-state index in [2.05, 4.69) is 10.3 Å². The molecule has 1 heterocycles. The Morgan fingerprint density at radius 3 is 2.75 bits per heavy atom. The molecule has 5 nitrogen and oxygen atoms in total. The zero-order valence-corrected chi connectivity index (χ0v) is 11.6. The normalized spacial score (nSPS) is 10.1. The van der Waals surface area contributed by atoms with Crippen LogP contribution in [0.25, 0.3) is 0 Å². The van der Waals surface area contributed by atoms with E-state index in [0.717, 1.165) is 5.75 Å². The molecule has 0 unspecified atom stereocenters. The predicted molar refractivity (Wildman–Crippen MR) is 79.2 cm³/mol. The number of halogens is 1. The standard InChI is InChI=1S/C14H14ClN3O2/c1-2-20-10-5-3-9(4-6-10)18-14(19)11-7-13(16)17-8-12(11)15/h3-8H,2H2,1H3,(H2,16,17)(H,18,19). The van der Waals surface area contributed by atoms with Crippen LogP contribution in [0.1, 0.15) is 17.3 Å². The minimum atomic E-state index is -0.340. The summed E-state index contributed by atoms with van der Waals surface area (Å²) in [6, 6.07) is 8.50. The predicted octanol–water partition coefficient (Wildman–Crippen LogP) is 2.97. The van der Waals surface area contributed by atoms with E-state index in [1.807, 2.05) is 6.92 Å². The number of pyridine rings is 1. The average Bonchev–Trinajstić information content (AvgIpc) is 2.44. The maximum Gasteiger partial charge on any atom is 0.257 e. The topological polar surface area (TPSA) is 77.2 Å². The molecule has 0 radical (unpaired) electrons. The van der Waals surface area contributed by atoms with E-state index in [1.54, 1.807) is 24.3 Å². The Hall–Kier alpha value is -2.27. The van der Waals surface area contributed by atoms with Gasteiger partial charge in [-0.3, -0.25) is 4.79 Å². The number of carbonyl (C=O) groups is 1. The number of benzene rings is 1. The zero-order valence-electron chi connectivity index (χ0n) is 10.9. The number of carbonyl (C=O) groups excluding carboxylic acids is 1. The van der Waals surface area contributed by atoms with E-state index >= 15 is 0 Å². The Labute approximate surface area is 121 Å². The van der Waals surface area contributed by atoms with Crippen molar-refractivity contribution in [3.8, 4) is 5.75 Å². The summed E-state index contributed by atoms with van der Waals surface area (Å²) in [4.78, 5) is 15.9. The van der Waals surface area contributed by atoms with Crippen LogP contribution in [0.2, 0.25) is 5.02 Å². The summed E-state index contributed by atoms with van der Waals surface area (Å²) < 4.78 is 5.33. The molecule has 0 aliphatic carbocycles. The van der Waals surface area contributed by atoms with Gasteiger partial charge in [0.2, 0.25) is 0 Å². The van der Waals surface area contributed by atoms with E-state index in [-0.39, 0.29) is 22.3 Å². The maximum atomic E-state index is 12.1. The molecule has 0 fully saturated rings. The first-order valence-electron chi connectivity index (χ1n) is 6.05. The van der Waals surface area contributed by atoms with Gasteiger partial charge in [0.15, 0.2) is 0 Å². The van der Waals surface area contributed by atoms with Gasteiger partial charge in [-0.05, 0) is 37.3 Å². The van der Waals surface area contributed by atoms with Crippen molar-refractivity contribution in [2.45, 2.75) is 6.92 Å². The molecule has 0 aliphatic heterocycles. The van der Waals surface area contributed by atoms with Crippen molar-refractivity contribution in [1.82, 2.24) is 4.98 Å². The number of nitrogens with zero attached hydrogens (tertiary/aromatic N) is 1. The molecule has 2 rings (SSSR count). The summed E-state index contributed by atoms with van der Waals surface area (Å²) in [7, 11) is 0. The minimum absolute atomic E-state index is 0.242. The smallest absolute Gasteiger partial charge is 0.257 e. The number of nitrogens with one attached hydrogen (secondary N) is 1. The Bertz CT molecular complexity index is 614. The number of amides is 1. The third-order valence-electron chi connectivity index (χ3n) is 2.54. The highest BCUT2D eigenvalue weighted by Crippen LogP contribution is 2.20. The van der Waals surface area contributed by atoms with Gasteiger partial charge < -0.3 is 15.8 Å². The van der Waals surface area contributed by atoms with E-state index < -0.39 is 0 Å². The molecule has 104 valence electrons. The van der Waals surface area contributed by atoms with Crippen LogP contribution in [0.3, 0.4) is 0 Å². The molecule has 0 saturated carbocycles. The number of aromatic nitrogens is 1. The average molecular weight is 292 g/mol. The largest absolute Gasteiger partial charge is 0.494 e. The molecule has 6 heteroatoms. The van der Waals surface area contributed by atoms with Crippen molar-refractivity contribution in [3.05, 3.63) is 47.1 Å². The van der Waals surface area contributed by atoms with E-state index in [0.29, 0.717) is 12.3 Å². The number of rotatable bonds is 4. The van der Waals surface area contributed by atoms with Crippen molar-refractivity contribution in [2.75, 3.05) is 17.7 Å². The molecule has 0 bridgehead atoms. The number of nitrogen functional groups attached to an aromatic ring is 1. The van der Waals surface area contributed by atoms with Crippen LogP contribution in [-0.4, -0.2) is 17.5 Å². The highest BCUT2D eigenvalue weighted by Gasteiger charge is 2.11. The van der Waals surface area contributed by atoms with Crippen molar-refractivity contribution in [2.24, 2.45) is 0 Å². The molecular weight excluding hydrogens is 278 g/mol. The summed E-state index contributed by atoms with van der Waals surface area (Å²) in [5, 5.41) is 2.99. The van der Waals surface area contributed by atoms with Crippen LogP contribution in [-0.2, 0) is 0 Å². The lowest BCUT2D eigenvalue weighted by Crippen LogP contribution is -2.13. The van der Waals surface area contributed by atoms with Gasteiger partial charge in [-0.15, -0.1) is 0 Å². The molecule has 0 aliphatic rings. The first kappa shape index (κ1) is 14.1. The second-order valence-electron chi connectivity index (χ2n) is 4.00. The first-order chi connectivity index (χ1) is 9.60. The van der Waals surface area contributed by atoms with Crippen LogP contribution in [0.15, 0.2) is 36.5 Å². The summed E-state index contributed by atoms with van der Waals surface area (Å²) in [5.74, 6) is 0.649. The lowest BCUT2D eigenvalue weighted by Gasteiger charge is -2.08. The highest BCUT2D eigenvalue weighted by molar-refractivity contribution is 6.34. The Morgan fingerprint density at radius 1 is 1.40 bits per heavy atom. The molecule has 3 N–H and O–H groups in total. The quantitative estimate of drug-likeness (QED) is 0.908. The number of anilines is 2. The fraction of sp³-hybridized carbons (Fsp3) is 0.143. The number of hydrogen-bond donors (Lipinski definition) is 2. The molecule has 0 atom stereocenters. The third-order valence-corrected chi connectivity index (χ3v) is 2.85. The summed E-state index contributed by atoms with van der Waals surface area (Å²) in [5.41, 5.74) is 6.47. The monoisotopic (exact) mass is 291 g/mol. The van der Waals surface area contributed by atoms with E-state index in [4.69, 9.17) is 22.1 Å². The maximum absolute atomic E-state index is 12.1. The van der Waals surface area contributed by atoms with Crippen molar-refractivity contribution in [1.29, 1.82) is 0 Å².